The van der Waals surface area contributed by atoms with Gasteiger partial charge in [-0.05, 0) is 51.1 Å². The first-order chi connectivity index (χ1) is 18.6. The van der Waals surface area contributed by atoms with Gasteiger partial charge >= 0.3 is 6.09 Å². The van der Waals surface area contributed by atoms with Crippen molar-refractivity contribution < 1.29 is 14.3 Å². The number of aromatic nitrogens is 1. The van der Waals surface area contributed by atoms with Gasteiger partial charge in [0.05, 0.1) is 17.0 Å². The van der Waals surface area contributed by atoms with Crippen LogP contribution in [-0.4, -0.2) is 62.7 Å². The molecule has 0 saturated carbocycles. The van der Waals surface area contributed by atoms with Crippen molar-refractivity contribution >= 4 is 67.0 Å². The normalized spacial score (nSPS) is 16.7. The van der Waals surface area contributed by atoms with E-state index in [9.17, 15) is 9.59 Å². The number of piperidine rings is 1. The highest BCUT2D eigenvalue weighted by molar-refractivity contribution is 9.10. The minimum absolute atomic E-state index is 0.131. The zero-order chi connectivity index (χ0) is 27.6. The molecule has 3 aromatic rings. The summed E-state index contributed by atoms with van der Waals surface area (Å²) in [5.74, 6) is 0.0585. The summed E-state index contributed by atoms with van der Waals surface area (Å²) in [6, 6.07) is 17.5. The number of hydrogen-bond acceptors (Lipinski definition) is 7. The lowest BCUT2D eigenvalue weighted by molar-refractivity contribution is -0.113. The molecular weight excluding hydrogens is 578 g/mol. The van der Waals surface area contributed by atoms with Crippen molar-refractivity contribution in [1.29, 1.82) is 0 Å². The molecule has 0 unspecified atom stereocenters. The molecule has 39 heavy (non-hydrogen) atoms. The molecule has 1 saturated heterocycles. The zero-order valence-corrected chi connectivity index (χ0v) is 24.5. The summed E-state index contributed by atoms with van der Waals surface area (Å²) >= 11 is 4.87. The van der Waals surface area contributed by atoms with Crippen molar-refractivity contribution in [3.8, 4) is 0 Å². The number of ether oxygens (including phenoxy) is 1. The van der Waals surface area contributed by atoms with Crippen molar-refractivity contribution in [2.75, 3.05) is 24.2 Å². The fourth-order valence-corrected chi connectivity index (χ4v) is 5.63. The number of carbonyl (C=O) groups is 2. The minimum Gasteiger partial charge on any atom is -0.444 e. The predicted octanol–water partition coefficient (Wildman–Crippen LogP) is 6.30. The number of nitrogens with one attached hydrogen (secondary N) is 1. The summed E-state index contributed by atoms with van der Waals surface area (Å²) in [7, 11) is 0. The topological polar surface area (TPSA) is 96.2 Å². The number of thioether (sulfide) groups is 1. The second-order valence-electron chi connectivity index (χ2n) is 10.6. The highest BCUT2D eigenvalue weighted by atomic mass is 79.9. The molecule has 5 rings (SSSR count). The van der Waals surface area contributed by atoms with Gasteiger partial charge in [0, 0.05) is 53.2 Å². The third kappa shape index (κ3) is 6.67. The van der Waals surface area contributed by atoms with Gasteiger partial charge in [0.1, 0.15) is 10.6 Å². The van der Waals surface area contributed by atoms with Crippen LogP contribution in [0.15, 0.2) is 75.3 Å². The summed E-state index contributed by atoms with van der Waals surface area (Å²) in [6.07, 6.45) is 2.60. The average molecular weight is 609 g/mol. The van der Waals surface area contributed by atoms with Crippen molar-refractivity contribution in [3.05, 3.63) is 70.8 Å². The summed E-state index contributed by atoms with van der Waals surface area (Å²) < 4.78 is 6.52. The van der Waals surface area contributed by atoms with Crippen LogP contribution in [0, 0.1) is 0 Å². The number of pyridine rings is 1. The Morgan fingerprint density at radius 2 is 1.82 bits per heavy atom. The highest BCUT2D eigenvalue weighted by Crippen LogP contribution is 2.36. The molecule has 10 heteroatoms. The van der Waals surface area contributed by atoms with Crippen LogP contribution in [-0.2, 0) is 9.53 Å². The molecule has 1 N–H and O–H groups in total. The second-order valence-corrected chi connectivity index (χ2v) is 12.5. The maximum atomic E-state index is 12.9. The molecule has 0 radical (unpaired) electrons. The summed E-state index contributed by atoms with van der Waals surface area (Å²) in [4.78, 5) is 41.7. The van der Waals surface area contributed by atoms with Crippen LogP contribution in [0.5, 0.6) is 0 Å². The predicted molar refractivity (Wildman–Crippen MR) is 161 cm³/mol. The first-order valence-corrected chi connectivity index (χ1v) is 14.6. The molecule has 0 atom stereocenters. The van der Waals surface area contributed by atoms with Crippen molar-refractivity contribution in [2.45, 2.75) is 44.9 Å². The van der Waals surface area contributed by atoms with Crippen LogP contribution in [0.25, 0.3) is 10.9 Å². The number of carbonyl (C=O) groups excluding carboxylic acids is 2. The summed E-state index contributed by atoms with van der Waals surface area (Å²) in [5.41, 5.74) is 2.06. The van der Waals surface area contributed by atoms with Gasteiger partial charge in [-0.2, -0.15) is 0 Å². The van der Waals surface area contributed by atoms with E-state index in [2.05, 4.69) is 26.2 Å². The van der Waals surface area contributed by atoms with Gasteiger partial charge in [-0.15, -0.1) is 0 Å². The van der Waals surface area contributed by atoms with Gasteiger partial charge in [-0.3, -0.25) is 14.8 Å². The van der Waals surface area contributed by atoms with Crippen LogP contribution in [0.4, 0.5) is 10.5 Å². The minimum atomic E-state index is -0.649. The number of benzene rings is 2. The Balaban J connectivity index is 1.29. The average Bonchev–Trinajstić information content (AvgIpc) is 3.25. The number of amides is 2. The number of likely N-dealkylation sites (tertiary alicyclic amines) is 1. The molecule has 3 heterocycles. The lowest BCUT2D eigenvalue weighted by Crippen LogP contribution is -2.46. The van der Waals surface area contributed by atoms with Crippen LogP contribution < -0.4 is 5.32 Å². The van der Waals surface area contributed by atoms with Crippen molar-refractivity contribution in [1.82, 2.24) is 9.88 Å². The van der Waals surface area contributed by atoms with Crippen molar-refractivity contribution in [3.63, 3.8) is 0 Å². The second kappa shape index (κ2) is 11.1. The van der Waals surface area contributed by atoms with E-state index in [0.29, 0.717) is 31.6 Å². The standard InChI is InChI=1S/C29H30BrN5O3S/c1-28(2,3)38-27(37)35-15-12-29(13-16-35)33-25(20-6-9-21(30)10-7-20)26(34-29)39-18-24(36)32-22-11-8-19-5-4-14-31-23(19)17-22/h4-11,14,17H,12-13,15-16,18H2,1-3H3,(H,32,36). The van der Waals surface area contributed by atoms with Crippen LogP contribution in [0.3, 0.4) is 0 Å². The Labute approximate surface area is 240 Å². The summed E-state index contributed by atoms with van der Waals surface area (Å²) in [5, 5.41) is 4.72. The molecule has 2 aromatic carbocycles. The van der Waals surface area contributed by atoms with Crippen LogP contribution >= 0.6 is 27.7 Å². The van der Waals surface area contributed by atoms with Gasteiger partial charge in [0.2, 0.25) is 5.91 Å². The smallest absolute Gasteiger partial charge is 0.410 e. The van der Waals surface area contributed by atoms with Gasteiger partial charge in [-0.25, -0.2) is 9.79 Å². The SMILES string of the molecule is CC(C)(C)OC(=O)N1CCC2(CC1)N=C(SCC(=O)Nc1ccc3cccnc3c1)C(c1ccc(Br)cc1)=N2. The van der Waals surface area contributed by atoms with E-state index in [1.807, 2.05) is 75.4 Å². The number of hydrogen-bond donors (Lipinski definition) is 1. The van der Waals surface area contributed by atoms with Crippen LogP contribution in [0.1, 0.15) is 39.2 Å². The lowest BCUT2D eigenvalue weighted by Gasteiger charge is -2.36. The Hall–Kier alpha value is -3.24. The van der Waals surface area contributed by atoms with Gasteiger partial charge in [0.25, 0.3) is 0 Å². The van der Waals surface area contributed by atoms with E-state index in [1.165, 1.54) is 11.8 Å². The first kappa shape index (κ1) is 27.3. The third-order valence-corrected chi connectivity index (χ3v) is 7.89. The largest absolute Gasteiger partial charge is 0.444 e. The fourth-order valence-electron chi connectivity index (χ4n) is 4.49. The molecule has 8 nitrogen and oxygen atoms in total. The molecule has 2 aliphatic rings. The number of aliphatic imine (C=N–C) groups is 2. The zero-order valence-electron chi connectivity index (χ0n) is 22.1. The van der Waals surface area contributed by atoms with Gasteiger partial charge in [0.15, 0.2) is 5.66 Å². The molecule has 1 aromatic heterocycles. The van der Waals surface area contributed by atoms with Gasteiger partial charge in [-0.1, -0.05) is 52.0 Å². The van der Waals surface area contributed by atoms with Crippen LogP contribution in [0.2, 0.25) is 0 Å². The molecule has 2 aliphatic heterocycles. The van der Waals surface area contributed by atoms with E-state index < -0.39 is 11.3 Å². The number of halogens is 1. The van der Waals surface area contributed by atoms with E-state index in [0.717, 1.165) is 31.7 Å². The van der Waals surface area contributed by atoms with E-state index in [-0.39, 0.29) is 17.8 Å². The van der Waals surface area contributed by atoms with Crippen molar-refractivity contribution in [2.24, 2.45) is 9.98 Å². The molecule has 202 valence electrons. The Bertz CT molecular complexity index is 1460. The maximum Gasteiger partial charge on any atom is 0.410 e. The monoisotopic (exact) mass is 607 g/mol. The highest BCUT2D eigenvalue weighted by Gasteiger charge is 2.41. The van der Waals surface area contributed by atoms with E-state index in [4.69, 9.17) is 14.7 Å². The number of anilines is 1. The number of rotatable bonds is 4. The Kier molecular flexibility index (Phi) is 7.77. The molecule has 1 spiro atoms. The molecule has 2 amide bonds. The molecule has 1 fully saturated rings. The first-order valence-electron chi connectivity index (χ1n) is 12.8. The molecule has 0 aliphatic carbocycles. The summed E-state index contributed by atoms with van der Waals surface area (Å²) in [6.45, 7) is 6.60. The van der Waals surface area contributed by atoms with E-state index in [1.54, 1.807) is 11.1 Å². The molecule has 0 bridgehead atoms. The van der Waals surface area contributed by atoms with E-state index >= 15 is 0 Å². The Morgan fingerprint density at radius 1 is 1.08 bits per heavy atom. The molecular formula is C29H30BrN5O3S. The fraction of sp³-hybridized carbons (Fsp3) is 0.345. The Morgan fingerprint density at radius 3 is 2.54 bits per heavy atom. The quantitative estimate of drug-likeness (QED) is 0.375. The maximum absolute atomic E-state index is 12.9. The number of nitrogens with zero attached hydrogens (tertiary/aromatic N) is 4. The third-order valence-electron chi connectivity index (χ3n) is 6.40. The lowest BCUT2D eigenvalue weighted by atomic mass is 9.99. The number of fused-ring (bicyclic) bond motifs is 1. The van der Waals surface area contributed by atoms with Gasteiger partial charge < -0.3 is 15.0 Å².